The minimum atomic E-state index is -0.214. The molecule has 0 aliphatic rings. The molecule has 3 aromatic rings. The summed E-state index contributed by atoms with van der Waals surface area (Å²) in [5, 5.41) is 13.8. The molecule has 0 spiro atoms. The van der Waals surface area contributed by atoms with Gasteiger partial charge < -0.3 is 10.6 Å². The number of H-pyrrole nitrogens is 1. The second-order valence-electron chi connectivity index (χ2n) is 6.58. The van der Waals surface area contributed by atoms with Gasteiger partial charge in [0.15, 0.2) is 0 Å². The molecule has 2 amide bonds. The summed E-state index contributed by atoms with van der Waals surface area (Å²) in [6.45, 7) is 6.28. The van der Waals surface area contributed by atoms with Gasteiger partial charge in [-0.3, -0.25) is 5.10 Å². The van der Waals surface area contributed by atoms with Crippen molar-refractivity contribution >= 4 is 22.6 Å². The van der Waals surface area contributed by atoms with E-state index in [-0.39, 0.29) is 17.5 Å². The molecule has 2 aromatic carbocycles. The maximum Gasteiger partial charge on any atom is 0.319 e. The lowest BCUT2D eigenvalue weighted by atomic mass is 9.78. The fourth-order valence-corrected chi connectivity index (χ4v) is 2.68. The SMILES string of the molecule is CC(NC(=O)Nc1ccc2[nH]ncc2c1)C(C)(C)c1ccccc1. The van der Waals surface area contributed by atoms with Crippen LogP contribution in [0.4, 0.5) is 10.5 Å². The number of nitrogens with zero attached hydrogens (tertiary/aromatic N) is 1. The Morgan fingerprint density at radius 1 is 1.17 bits per heavy atom. The lowest BCUT2D eigenvalue weighted by Gasteiger charge is -2.33. The van der Waals surface area contributed by atoms with Gasteiger partial charge in [0.1, 0.15) is 0 Å². The Morgan fingerprint density at radius 3 is 2.67 bits per heavy atom. The van der Waals surface area contributed by atoms with E-state index in [2.05, 4.69) is 46.8 Å². The molecular formula is C19H22N4O. The van der Waals surface area contributed by atoms with Crippen molar-refractivity contribution in [2.75, 3.05) is 5.32 Å². The monoisotopic (exact) mass is 322 g/mol. The van der Waals surface area contributed by atoms with E-state index in [0.717, 1.165) is 16.6 Å². The van der Waals surface area contributed by atoms with Crippen molar-refractivity contribution < 1.29 is 4.79 Å². The van der Waals surface area contributed by atoms with E-state index in [1.807, 2.05) is 43.3 Å². The molecule has 0 aliphatic carbocycles. The van der Waals surface area contributed by atoms with Gasteiger partial charge in [-0.25, -0.2) is 4.79 Å². The molecule has 0 bridgehead atoms. The summed E-state index contributed by atoms with van der Waals surface area (Å²) < 4.78 is 0. The van der Waals surface area contributed by atoms with Gasteiger partial charge in [-0.2, -0.15) is 5.10 Å². The molecule has 0 saturated heterocycles. The number of aromatic nitrogens is 2. The Morgan fingerprint density at radius 2 is 1.92 bits per heavy atom. The molecule has 124 valence electrons. The number of benzene rings is 2. The first-order chi connectivity index (χ1) is 11.5. The number of hydrogen-bond acceptors (Lipinski definition) is 2. The maximum absolute atomic E-state index is 12.3. The Balaban J connectivity index is 1.67. The first kappa shape index (κ1) is 16.1. The van der Waals surface area contributed by atoms with Crippen LogP contribution in [0.2, 0.25) is 0 Å². The van der Waals surface area contributed by atoms with Crippen molar-refractivity contribution in [2.24, 2.45) is 0 Å². The second-order valence-corrected chi connectivity index (χ2v) is 6.58. The summed E-state index contributed by atoms with van der Waals surface area (Å²) in [5.74, 6) is 0. The van der Waals surface area contributed by atoms with Gasteiger partial charge in [0.2, 0.25) is 0 Å². The van der Waals surface area contributed by atoms with E-state index < -0.39 is 0 Å². The summed E-state index contributed by atoms with van der Waals surface area (Å²) in [6, 6.07) is 15.6. The van der Waals surface area contributed by atoms with Crippen molar-refractivity contribution in [3.05, 3.63) is 60.3 Å². The predicted octanol–water partition coefficient (Wildman–Crippen LogP) is 4.05. The number of nitrogens with one attached hydrogen (secondary N) is 3. The van der Waals surface area contributed by atoms with Crippen molar-refractivity contribution in [3.63, 3.8) is 0 Å². The highest BCUT2D eigenvalue weighted by Crippen LogP contribution is 2.27. The average molecular weight is 322 g/mol. The molecule has 1 heterocycles. The van der Waals surface area contributed by atoms with Gasteiger partial charge in [-0.1, -0.05) is 44.2 Å². The van der Waals surface area contributed by atoms with E-state index in [1.54, 1.807) is 6.20 Å². The van der Waals surface area contributed by atoms with Crippen molar-refractivity contribution in [1.29, 1.82) is 0 Å². The average Bonchev–Trinajstić information content (AvgIpc) is 3.03. The lowest BCUT2D eigenvalue weighted by molar-refractivity contribution is 0.243. The molecule has 3 rings (SSSR count). The number of fused-ring (bicyclic) bond motifs is 1. The van der Waals surface area contributed by atoms with Gasteiger partial charge in [-0.15, -0.1) is 0 Å². The van der Waals surface area contributed by atoms with Crippen LogP contribution in [0.5, 0.6) is 0 Å². The third-order valence-electron chi connectivity index (χ3n) is 4.65. The zero-order valence-electron chi connectivity index (χ0n) is 14.1. The molecule has 0 aliphatic heterocycles. The predicted molar refractivity (Wildman–Crippen MR) is 97.2 cm³/mol. The van der Waals surface area contributed by atoms with Crippen molar-refractivity contribution in [1.82, 2.24) is 15.5 Å². The first-order valence-electron chi connectivity index (χ1n) is 8.03. The number of carbonyl (C=O) groups excluding carboxylic acids is 1. The van der Waals surface area contributed by atoms with Crippen LogP contribution in [-0.2, 0) is 5.41 Å². The van der Waals surface area contributed by atoms with Gasteiger partial charge in [0, 0.05) is 22.5 Å². The van der Waals surface area contributed by atoms with Gasteiger partial charge in [0.25, 0.3) is 0 Å². The van der Waals surface area contributed by atoms with Crippen LogP contribution in [0.1, 0.15) is 26.3 Å². The van der Waals surface area contributed by atoms with Gasteiger partial charge in [0.05, 0.1) is 11.7 Å². The minimum Gasteiger partial charge on any atom is -0.335 e. The molecule has 5 nitrogen and oxygen atoms in total. The Hall–Kier alpha value is -2.82. The fourth-order valence-electron chi connectivity index (χ4n) is 2.68. The molecule has 0 fully saturated rings. The number of amides is 2. The number of hydrogen-bond donors (Lipinski definition) is 3. The van der Waals surface area contributed by atoms with E-state index in [4.69, 9.17) is 0 Å². The van der Waals surface area contributed by atoms with Gasteiger partial charge in [-0.05, 0) is 30.7 Å². The quantitative estimate of drug-likeness (QED) is 0.678. The van der Waals surface area contributed by atoms with Gasteiger partial charge >= 0.3 is 6.03 Å². The zero-order valence-corrected chi connectivity index (χ0v) is 14.1. The highest BCUT2D eigenvalue weighted by molar-refractivity contribution is 5.92. The maximum atomic E-state index is 12.3. The molecule has 5 heteroatoms. The van der Waals surface area contributed by atoms with Crippen LogP contribution in [0, 0.1) is 0 Å². The highest BCUT2D eigenvalue weighted by atomic mass is 16.2. The topological polar surface area (TPSA) is 69.8 Å². The molecule has 0 radical (unpaired) electrons. The van der Waals surface area contributed by atoms with E-state index in [0.29, 0.717) is 0 Å². The molecule has 24 heavy (non-hydrogen) atoms. The van der Waals surface area contributed by atoms with Crippen LogP contribution in [-0.4, -0.2) is 22.3 Å². The summed E-state index contributed by atoms with van der Waals surface area (Å²) in [4.78, 5) is 12.3. The summed E-state index contributed by atoms with van der Waals surface area (Å²) >= 11 is 0. The largest absolute Gasteiger partial charge is 0.335 e. The molecule has 3 N–H and O–H groups in total. The van der Waals surface area contributed by atoms with Crippen molar-refractivity contribution in [3.8, 4) is 0 Å². The molecule has 1 unspecified atom stereocenters. The highest BCUT2D eigenvalue weighted by Gasteiger charge is 2.28. The second kappa shape index (κ2) is 6.35. The van der Waals surface area contributed by atoms with Crippen LogP contribution >= 0.6 is 0 Å². The smallest absolute Gasteiger partial charge is 0.319 e. The first-order valence-corrected chi connectivity index (χ1v) is 8.03. The van der Waals surface area contributed by atoms with E-state index in [9.17, 15) is 4.79 Å². The minimum absolute atomic E-state index is 0.0300. The third-order valence-corrected chi connectivity index (χ3v) is 4.65. The van der Waals surface area contributed by atoms with Crippen LogP contribution in [0.3, 0.4) is 0 Å². The number of rotatable bonds is 4. The lowest BCUT2D eigenvalue weighted by Crippen LogP contribution is -2.47. The normalized spacial score (nSPS) is 12.8. The van der Waals surface area contributed by atoms with Crippen LogP contribution in [0.15, 0.2) is 54.7 Å². The Kier molecular flexibility index (Phi) is 4.25. The number of urea groups is 1. The van der Waals surface area contributed by atoms with Crippen LogP contribution in [0.25, 0.3) is 10.9 Å². The Labute approximate surface area is 141 Å². The van der Waals surface area contributed by atoms with Crippen molar-refractivity contribution in [2.45, 2.75) is 32.2 Å². The van der Waals surface area contributed by atoms with E-state index >= 15 is 0 Å². The number of aromatic amines is 1. The number of anilines is 1. The third kappa shape index (κ3) is 3.25. The number of carbonyl (C=O) groups is 1. The summed E-state index contributed by atoms with van der Waals surface area (Å²) in [7, 11) is 0. The zero-order chi connectivity index (χ0) is 17.2. The summed E-state index contributed by atoms with van der Waals surface area (Å²) in [6.07, 6.45) is 1.74. The molecular weight excluding hydrogens is 300 g/mol. The molecule has 0 saturated carbocycles. The molecule has 1 atom stereocenters. The Bertz CT molecular complexity index is 839. The van der Waals surface area contributed by atoms with Crippen LogP contribution < -0.4 is 10.6 Å². The fraction of sp³-hybridized carbons (Fsp3) is 0.263. The molecule has 1 aromatic heterocycles. The summed E-state index contributed by atoms with van der Waals surface area (Å²) in [5.41, 5.74) is 2.70. The standard InChI is InChI=1S/C19H22N4O/c1-13(19(2,3)15-7-5-4-6-8-15)21-18(24)22-16-9-10-17-14(11-16)12-20-23-17/h4-13H,1-3H3,(H,20,23)(H2,21,22,24). The van der Waals surface area contributed by atoms with E-state index in [1.165, 1.54) is 5.56 Å².